The van der Waals surface area contributed by atoms with E-state index in [0.29, 0.717) is 11.3 Å². The van der Waals surface area contributed by atoms with Gasteiger partial charge < -0.3 is 15.5 Å². The second-order valence-corrected chi connectivity index (χ2v) is 5.81. The lowest BCUT2D eigenvalue weighted by atomic mass is 10.1. The number of terminal acetylenes is 1. The van der Waals surface area contributed by atoms with Crippen molar-refractivity contribution in [2.24, 2.45) is 0 Å². The van der Waals surface area contributed by atoms with Gasteiger partial charge in [-0.15, -0.1) is 12.3 Å². The highest BCUT2D eigenvalue weighted by Crippen LogP contribution is 2.13. The minimum absolute atomic E-state index is 0.0200. The summed E-state index contributed by atoms with van der Waals surface area (Å²) in [5, 5.41) is 5.78. The molecular formula is C18H23N3O2. The van der Waals surface area contributed by atoms with Crippen molar-refractivity contribution in [1.29, 1.82) is 0 Å². The van der Waals surface area contributed by atoms with Crippen molar-refractivity contribution < 1.29 is 9.59 Å². The number of nitrogens with one attached hydrogen (secondary N) is 2. The van der Waals surface area contributed by atoms with Crippen LogP contribution in [0.3, 0.4) is 0 Å². The number of benzene rings is 1. The van der Waals surface area contributed by atoms with Gasteiger partial charge in [-0.25, -0.2) is 4.79 Å². The largest absolute Gasteiger partial charge is 0.335 e. The molecule has 122 valence electrons. The third kappa shape index (κ3) is 5.42. The Morgan fingerprint density at radius 2 is 2.09 bits per heavy atom. The van der Waals surface area contributed by atoms with Gasteiger partial charge in [-0.3, -0.25) is 4.79 Å². The lowest BCUT2D eigenvalue weighted by molar-refractivity contribution is 0.101. The summed E-state index contributed by atoms with van der Waals surface area (Å²) in [7, 11) is 0. The molecule has 23 heavy (non-hydrogen) atoms. The number of carbonyl (C=O) groups excluding carboxylic acids is 2. The van der Waals surface area contributed by atoms with E-state index in [1.807, 2.05) is 0 Å². The van der Waals surface area contributed by atoms with Crippen LogP contribution in [0.4, 0.5) is 10.5 Å². The molecule has 0 spiro atoms. The molecule has 0 radical (unpaired) electrons. The van der Waals surface area contributed by atoms with E-state index < -0.39 is 0 Å². The second-order valence-electron chi connectivity index (χ2n) is 5.81. The van der Waals surface area contributed by atoms with Gasteiger partial charge in [0.2, 0.25) is 0 Å². The predicted molar refractivity (Wildman–Crippen MR) is 91.5 cm³/mol. The summed E-state index contributed by atoms with van der Waals surface area (Å²) in [5.74, 6) is 2.63. The minimum atomic E-state index is -0.229. The molecule has 1 aliphatic heterocycles. The molecule has 1 heterocycles. The van der Waals surface area contributed by atoms with Crippen LogP contribution in [-0.2, 0) is 0 Å². The first-order valence-corrected chi connectivity index (χ1v) is 7.93. The van der Waals surface area contributed by atoms with Crippen LogP contribution in [0.15, 0.2) is 24.3 Å². The Bertz CT molecular complexity index is 599. The summed E-state index contributed by atoms with van der Waals surface area (Å²) in [5.41, 5.74) is 1.21. The van der Waals surface area contributed by atoms with Gasteiger partial charge >= 0.3 is 6.03 Å². The predicted octanol–water partition coefficient (Wildman–Crippen LogP) is 2.50. The standard InChI is InChI=1S/C18H23N3O2/c1-3-4-10-21-11-8-16(9-12-21)19-18(23)20-17-7-5-6-15(13-17)14(2)22/h1,5-7,13,16H,4,8-12H2,2H3,(H2,19,20,23). The lowest BCUT2D eigenvalue weighted by Gasteiger charge is -2.31. The van der Waals surface area contributed by atoms with E-state index in [2.05, 4.69) is 21.5 Å². The summed E-state index contributed by atoms with van der Waals surface area (Å²) < 4.78 is 0. The maximum absolute atomic E-state index is 12.1. The van der Waals surface area contributed by atoms with E-state index in [9.17, 15) is 9.59 Å². The molecule has 1 aliphatic rings. The Kier molecular flexibility index (Phi) is 6.19. The van der Waals surface area contributed by atoms with Gasteiger partial charge in [0.25, 0.3) is 0 Å². The third-order valence-electron chi connectivity index (χ3n) is 4.02. The van der Waals surface area contributed by atoms with Gasteiger partial charge in [-0.05, 0) is 31.9 Å². The molecule has 0 aliphatic carbocycles. The van der Waals surface area contributed by atoms with Gasteiger partial charge in [0.1, 0.15) is 0 Å². The Balaban J connectivity index is 1.79. The molecule has 2 N–H and O–H groups in total. The molecule has 0 bridgehead atoms. The van der Waals surface area contributed by atoms with Crippen molar-refractivity contribution in [3.8, 4) is 12.3 Å². The fraction of sp³-hybridized carbons (Fsp3) is 0.444. The van der Waals surface area contributed by atoms with E-state index >= 15 is 0 Å². The summed E-state index contributed by atoms with van der Waals surface area (Å²) in [6, 6.07) is 6.90. The van der Waals surface area contributed by atoms with Crippen LogP contribution in [-0.4, -0.2) is 42.4 Å². The zero-order valence-corrected chi connectivity index (χ0v) is 13.5. The van der Waals surface area contributed by atoms with Crippen molar-refractivity contribution in [2.75, 3.05) is 25.0 Å². The highest BCUT2D eigenvalue weighted by Gasteiger charge is 2.20. The number of likely N-dealkylation sites (tertiary alicyclic amines) is 1. The van der Waals surface area contributed by atoms with E-state index in [1.54, 1.807) is 24.3 Å². The number of anilines is 1. The average Bonchev–Trinajstić information content (AvgIpc) is 2.54. The Morgan fingerprint density at radius 1 is 1.35 bits per heavy atom. The monoisotopic (exact) mass is 313 g/mol. The summed E-state index contributed by atoms with van der Waals surface area (Å²) in [6.07, 6.45) is 7.89. The molecule has 1 aromatic rings. The van der Waals surface area contributed by atoms with Crippen LogP contribution in [0, 0.1) is 12.3 Å². The zero-order chi connectivity index (χ0) is 16.7. The maximum atomic E-state index is 12.1. The van der Waals surface area contributed by atoms with Gasteiger partial charge in [0, 0.05) is 43.3 Å². The first kappa shape index (κ1) is 17.0. The molecule has 1 aromatic carbocycles. The number of Topliss-reactive ketones (excluding diaryl/α,β-unsaturated/α-hetero) is 1. The first-order chi connectivity index (χ1) is 11.1. The van der Waals surface area contributed by atoms with Crippen molar-refractivity contribution in [2.45, 2.75) is 32.2 Å². The maximum Gasteiger partial charge on any atom is 0.319 e. The number of rotatable bonds is 5. The molecule has 0 saturated carbocycles. The summed E-state index contributed by atoms with van der Waals surface area (Å²) in [4.78, 5) is 25.8. The molecular weight excluding hydrogens is 290 g/mol. The van der Waals surface area contributed by atoms with Crippen molar-refractivity contribution in [3.63, 3.8) is 0 Å². The number of hydrogen-bond donors (Lipinski definition) is 2. The zero-order valence-electron chi connectivity index (χ0n) is 13.5. The topological polar surface area (TPSA) is 61.4 Å². The fourth-order valence-electron chi connectivity index (χ4n) is 2.69. The van der Waals surface area contributed by atoms with Crippen LogP contribution in [0.1, 0.15) is 36.5 Å². The molecule has 2 amide bonds. The van der Waals surface area contributed by atoms with E-state index in [1.165, 1.54) is 6.92 Å². The Morgan fingerprint density at radius 3 is 2.74 bits per heavy atom. The minimum Gasteiger partial charge on any atom is -0.335 e. The summed E-state index contributed by atoms with van der Waals surface area (Å²) in [6.45, 7) is 4.33. The quantitative estimate of drug-likeness (QED) is 0.648. The van der Waals surface area contributed by atoms with Crippen LogP contribution in [0.5, 0.6) is 0 Å². The number of amides is 2. The Labute approximate surface area is 137 Å². The molecule has 1 fully saturated rings. The highest BCUT2D eigenvalue weighted by molar-refractivity contribution is 5.96. The molecule has 0 aromatic heterocycles. The number of nitrogens with zero attached hydrogens (tertiary/aromatic N) is 1. The molecule has 0 atom stereocenters. The van der Waals surface area contributed by atoms with Crippen molar-refractivity contribution >= 4 is 17.5 Å². The van der Waals surface area contributed by atoms with Gasteiger partial charge in [-0.1, -0.05) is 12.1 Å². The fourth-order valence-corrected chi connectivity index (χ4v) is 2.69. The van der Waals surface area contributed by atoms with Gasteiger partial charge in [0.15, 0.2) is 5.78 Å². The number of carbonyl (C=O) groups is 2. The lowest BCUT2D eigenvalue weighted by Crippen LogP contribution is -2.46. The van der Waals surface area contributed by atoms with Crippen LogP contribution < -0.4 is 10.6 Å². The molecule has 0 unspecified atom stereocenters. The van der Waals surface area contributed by atoms with E-state index in [4.69, 9.17) is 6.42 Å². The van der Waals surface area contributed by atoms with Crippen LogP contribution >= 0.6 is 0 Å². The highest BCUT2D eigenvalue weighted by atomic mass is 16.2. The number of hydrogen-bond acceptors (Lipinski definition) is 3. The Hall–Kier alpha value is -2.32. The first-order valence-electron chi connectivity index (χ1n) is 7.93. The number of piperidine rings is 1. The smallest absolute Gasteiger partial charge is 0.319 e. The molecule has 5 heteroatoms. The van der Waals surface area contributed by atoms with E-state index in [-0.39, 0.29) is 17.9 Å². The van der Waals surface area contributed by atoms with Gasteiger partial charge in [0.05, 0.1) is 0 Å². The molecule has 2 rings (SSSR count). The summed E-state index contributed by atoms with van der Waals surface area (Å²) >= 11 is 0. The second kappa shape index (κ2) is 8.35. The molecule has 5 nitrogen and oxygen atoms in total. The van der Waals surface area contributed by atoms with E-state index in [0.717, 1.165) is 38.9 Å². The van der Waals surface area contributed by atoms with Crippen LogP contribution in [0.25, 0.3) is 0 Å². The average molecular weight is 313 g/mol. The van der Waals surface area contributed by atoms with Crippen LogP contribution in [0.2, 0.25) is 0 Å². The number of ketones is 1. The third-order valence-corrected chi connectivity index (χ3v) is 4.02. The van der Waals surface area contributed by atoms with Crippen molar-refractivity contribution in [1.82, 2.24) is 10.2 Å². The van der Waals surface area contributed by atoms with Gasteiger partial charge in [-0.2, -0.15) is 0 Å². The normalized spacial score (nSPS) is 15.7. The SMILES string of the molecule is C#CCCN1CCC(NC(=O)Nc2cccc(C(C)=O)c2)CC1. The number of urea groups is 1. The molecule has 1 saturated heterocycles. The van der Waals surface area contributed by atoms with Crippen molar-refractivity contribution in [3.05, 3.63) is 29.8 Å².